The van der Waals surface area contributed by atoms with Crippen molar-refractivity contribution in [2.45, 2.75) is 47.0 Å². The minimum absolute atomic E-state index is 0.0282. The first-order valence-corrected chi connectivity index (χ1v) is 4.98. The summed E-state index contributed by atoms with van der Waals surface area (Å²) in [7, 11) is 0. The molecule has 0 aromatic carbocycles. The second kappa shape index (κ2) is 3.20. The van der Waals surface area contributed by atoms with Crippen molar-refractivity contribution in [3.05, 3.63) is 0 Å². The van der Waals surface area contributed by atoms with E-state index in [0.29, 0.717) is 17.6 Å². The summed E-state index contributed by atoms with van der Waals surface area (Å²) >= 11 is 0. The Balaban J connectivity index is 2.56. The van der Waals surface area contributed by atoms with Gasteiger partial charge in [0.05, 0.1) is 0 Å². The van der Waals surface area contributed by atoms with Crippen molar-refractivity contribution in [2.24, 2.45) is 17.3 Å². The molecule has 1 unspecified atom stereocenters. The van der Waals surface area contributed by atoms with Crippen molar-refractivity contribution < 1.29 is 4.79 Å². The maximum Gasteiger partial charge on any atom is 0.141 e. The van der Waals surface area contributed by atoms with Crippen LogP contribution in [0.2, 0.25) is 0 Å². The van der Waals surface area contributed by atoms with Crippen LogP contribution in [0.5, 0.6) is 0 Å². The van der Waals surface area contributed by atoms with Crippen LogP contribution < -0.4 is 0 Å². The molecule has 1 rings (SSSR count). The van der Waals surface area contributed by atoms with Crippen molar-refractivity contribution in [1.29, 1.82) is 0 Å². The average molecular weight is 168 g/mol. The first kappa shape index (κ1) is 9.76. The lowest BCUT2D eigenvalue weighted by molar-refractivity contribution is -0.127. The number of hydrogen-bond donors (Lipinski definition) is 0. The molecule has 1 nitrogen and oxygen atoms in total. The minimum atomic E-state index is -0.0282. The summed E-state index contributed by atoms with van der Waals surface area (Å²) in [6.45, 7) is 8.54. The lowest BCUT2D eigenvalue weighted by atomic mass is 9.87. The highest BCUT2D eigenvalue weighted by Crippen LogP contribution is 2.39. The Morgan fingerprint density at radius 1 is 1.50 bits per heavy atom. The van der Waals surface area contributed by atoms with Gasteiger partial charge in [0, 0.05) is 11.3 Å². The van der Waals surface area contributed by atoms with Gasteiger partial charge >= 0.3 is 0 Å². The van der Waals surface area contributed by atoms with Gasteiger partial charge < -0.3 is 0 Å². The zero-order valence-electron chi connectivity index (χ0n) is 8.68. The quantitative estimate of drug-likeness (QED) is 0.619. The third kappa shape index (κ3) is 1.88. The molecule has 0 radical (unpaired) electrons. The highest BCUT2D eigenvalue weighted by atomic mass is 16.1. The molecule has 0 aromatic rings. The van der Waals surface area contributed by atoms with Crippen LogP contribution in [-0.4, -0.2) is 5.78 Å². The van der Waals surface area contributed by atoms with Crippen molar-refractivity contribution in [2.75, 3.05) is 0 Å². The largest absolute Gasteiger partial charge is 0.299 e. The number of rotatable bonds is 2. The molecule has 1 aliphatic carbocycles. The Labute approximate surface area is 75.5 Å². The number of carbonyl (C=O) groups excluding carboxylic acids is 1. The molecule has 0 heterocycles. The van der Waals surface area contributed by atoms with Crippen LogP contribution in [0, 0.1) is 17.3 Å². The van der Waals surface area contributed by atoms with Crippen LogP contribution in [0.15, 0.2) is 0 Å². The highest BCUT2D eigenvalue weighted by Gasteiger charge is 2.39. The topological polar surface area (TPSA) is 17.1 Å². The average Bonchev–Trinajstić information content (AvgIpc) is 2.15. The molecule has 0 N–H and O–H groups in total. The van der Waals surface area contributed by atoms with Crippen molar-refractivity contribution in [1.82, 2.24) is 0 Å². The number of ketones is 1. The molecule has 1 heteroatoms. The Hall–Kier alpha value is -0.330. The lowest BCUT2D eigenvalue weighted by Crippen LogP contribution is -2.22. The molecule has 0 saturated heterocycles. The minimum Gasteiger partial charge on any atom is -0.299 e. The van der Waals surface area contributed by atoms with Gasteiger partial charge in [0.25, 0.3) is 0 Å². The van der Waals surface area contributed by atoms with Gasteiger partial charge in [-0.2, -0.15) is 0 Å². The molecule has 0 aliphatic heterocycles. The van der Waals surface area contributed by atoms with Gasteiger partial charge in [-0.1, -0.05) is 27.7 Å². The van der Waals surface area contributed by atoms with Crippen molar-refractivity contribution in [3.63, 3.8) is 0 Å². The van der Waals surface area contributed by atoms with E-state index >= 15 is 0 Å². The molecule has 1 aliphatic rings. The van der Waals surface area contributed by atoms with Gasteiger partial charge in [-0.15, -0.1) is 0 Å². The molecule has 1 fully saturated rings. The molecule has 0 amide bonds. The summed E-state index contributed by atoms with van der Waals surface area (Å²) in [4.78, 5) is 11.8. The fourth-order valence-electron chi connectivity index (χ4n) is 2.14. The third-order valence-corrected chi connectivity index (χ3v) is 2.91. The van der Waals surface area contributed by atoms with Gasteiger partial charge in [0.2, 0.25) is 0 Å². The van der Waals surface area contributed by atoms with E-state index in [1.807, 2.05) is 0 Å². The summed E-state index contributed by atoms with van der Waals surface area (Å²) in [5, 5.41) is 0. The summed E-state index contributed by atoms with van der Waals surface area (Å²) < 4.78 is 0. The molecule has 1 saturated carbocycles. The normalized spacial score (nSPS) is 28.4. The molecule has 70 valence electrons. The molecule has 0 bridgehead atoms. The Bertz CT molecular complexity index is 179. The SMILES string of the molecule is CC(C)CC1CCC(C)(C)C1=O. The zero-order valence-corrected chi connectivity index (χ0v) is 8.68. The maximum absolute atomic E-state index is 11.8. The summed E-state index contributed by atoms with van der Waals surface area (Å²) in [6, 6.07) is 0. The monoisotopic (exact) mass is 168 g/mol. The maximum atomic E-state index is 11.8. The zero-order chi connectivity index (χ0) is 9.35. The van der Waals surface area contributed by atoms with Crippen LogP contribution >= 0.6 is 0 Å². The Kier molecular flexibility index (Phi) is 2.60. The van der Waals surface area contributed by atoms with Gasteiger partial charge in [-0.3, -0.25) is 4.79 Å². The van der Waals surface area contributed by atoms with E-state index in [0.717, 1.165) is 19.3 Å². The number of Topliss-reactive ketones (excluding diaryl/α,β-unsaturated/α-hetero) is 1. The molecular formula is C11H20O. The highest BCUT2D eigenvalue weighted by molar-refractivity contribution is 5.88. The van der Waals surface area contributed by atoms with Crippen molar-refractivity contribution >= 4 is 5.78 Å². The van der Waals surface area contributed by atoms with Gasteiger partial charge in [-0.05, 0) is 25.2 Å². The second-order valence-corrected chi connectivity index (χ2v) is 5.11. The van der Waals surface area contributed by atoms with Crippen LogP contribution in [0.25, 0.3) is 0 Å². The predicted molar refractivity (Wildman–Crippen MR) is 51.0 cm³/mol. The van der Waals surface area contributed by atoms with Crippen LogP contribution in [-0.2, 0) is 4.79 Å². The van der Waals surface area contributed by atoms with Gasteiger partial charge in [0.1, 0.15) is 5.78 Å². The number of carbonyl (C=O) groups is 1. The number of hydrogen-bond acceptors (Lipinski definition) is 1. The van der Waals surface area contributed by atoms with Gasteiger partial charge in [-0.25, -0.2) is 0 Å². The van der Waals surface area contributed by atoms with Crippen molar-refractivity contribution in [3.8, 4) is 0 Å². The molecule has 0 spiro atoms. The fraction of sp³-hybridized carbons (Fsp3) is 0.909. The van der Waals surface area contributed by atoms with E-state index in [9.17, 15) is 4.79 Å². The lowest BCUT2D eigenvalue weighted by Gasteiger charge is -2.16. The molecule has 0 aromatic heterocycles. The smallest absolute Gasteiger partial charge is 0.141 e. The van der Waals surface area contributed by atoms with E-state index < -0.39 is 0 Å². The van der Waals surface area contributed by atoms with Crippen LogP contribution in [0.1, 0.15) is 47.0 Å². The predicted octanol–water partition coefficient (Wildman–Crippen LogP) is 3.04. The van der Waals surface area contributed by atoms with E-state index in [2.05, 4.69) is 27.7 Å². The molecular weight excluding hydrogens is 148 g/mol. The summed E-state index contributed by atoms with van der Waals surface area (Å²) in [6.07, 6.45) is 3.29. The van der Waals surface area contributed by atoms with Gasteiger partial charge in [0.15, 0.2) is 0 Å². The summed E-state index contributed by atoms with van der Waals surface area (Å²) in [5.74, 6) is 1.52. The molecule has 1 atom stereocenters. The fourth-order valence-corrected chi connectivity index (χ4v) is 2.14. The first-order chi connectivity index (χ1) is 5.43. The van der Waals surface area contributed by atoms with Crippen LogP contribution in [0.4, 0.5) is 0 Å². The van der Waals surface area contributed by atoms with Crippen LogP contribution in [0.3, 0.4) is 0 Å². The van der Waals surface area contributed by atoms with E-state index in [-0.39, 0.29) is 5.41 Å². The van der Waals surface area contributed by atoms with E-state index in [1.54, 1.807) is 0 Å². The van der Waals surface area contributed by atoms with E-state index in [1.165, 1.54) is 0 Å². The third-order valence-electron chi connectivity index (χ3n) is 2.91. The molecule has 12 heavy (non-hydrogen) atoms. The first-order valence-electron chi connectivity index (χ1n) is 4.98. The second-order valence-electron chi connectivity index (χ2n) is 5.11. The summed E-state index contributed by atoms with van der Waals surface area (Å²) in [5.41, 5.74) is -0.0282. The Morgan fingerprint density at radius 3 is 2.42 bits per heavy atom. The van der Waals surface area contributed by atoms with E-state index in [4.69, 9.17) is 0 Å². The Morgan fingerprint density at radius 2 is 2.08 bits per heavy atom. The standard InChI is InChI=1S/C11H20O/c1-8(2)7-9-5-6-11(3,4)10(9)12/h8-9H,5-7H2,1-4H3.